The van der Waals surface area contributed by atoms with Crippen LogP contribution in [0.15, 0.2) is 17.8 Å². The van der Waals surface area contributed by atoms with Crippen molar-refractivity contribution in [2.75, 3.05) is 31.2 Å². The summed E-state index contributed by atoms with van der Waals surface area (Å²) in [6.45, 7) is 5.87. The minimum absolute atomic E-state index is 0.131. The standard InChI is InChI=1S/C18H21N5O3S/c1-4-25-18(24)12-9-20-16-14(11(2)21-22(16)3)15(12)23-6-7-26-13(10-23)17-19-5-8-27-17/h5,8-9,13H,4,6-7,10H2,1-3H3. The van der Waals surface area contributed by atoms with E-state index in [0.717, 1.165) is 27.4 Å². The second-order valence-corrected chi connectivity index (χ2v) is 7.25. The van der Waals surface area contributed by atoms with Crippen LogP contribution in [0.4, 0.5) is 5.69 Å². The molecule has 1 aliphatic rings. The lowest BCUT2D eigenvalue weighted by molar-refractivity contribution is 0.0392. The summed E-state index contributed by atoms with van der Waals surface area (Å²) in [4.78, 5) is 23.6. The monoisotopic (exact) mass is 387 g/mol. The summed E-state index contributed by atoms with van der Waals surface area (Å²) in [7, 11) is 1.85. The van der Waals surface area contributed by atoms with Crippen molar-refractivity contribution in [3.63, 3.8) is 0 Å². The summed E-state index contributed by atoms with van der Waals surface area (Å²) >= 11 is 1.57. The van der Waals surface area contributed by atoms with Crippen molar-refractivity contribution in [3.8, 4) is 0 Å². The lowest BCUT2D eigenvalue weighted by Crippen LogP contribution is -2.39. The summed E-state index contributed by atoms with van der Waals surface area (Å²) in [5, 5.41) is 8.25. The van der Waals surface area contributed by atoms with Crippen molar-refractivity contribution in [3.05, 3.63) is 34.0 Å². The maximum absolute atomic E-state index is 12.6. The third-order valence-electron chi connectivity index (χ3n) is 4.60. The number of aryl methyl sites for hydroxylation is 2. The second kappa shape index (κ2) is 7.24. The summed E-state index contributed by atoms with van der Waals surface area (Å²) < 4.78 is 12.9. The van der Waals surface area contributed by atoms with Gasteiger partial charge < -0.3 is 14.4 Å². The summed E-state index contributed by atoms with van der Waals surface area (Å²) in [5.74, 6) is -0.373. The van der Waals surface area contributed by atoms with Crippen LogP contribution in [0.25, 0.3) is 11.0 Å². The molecule has 0 spiro atoms. The number of hydrogen-bond acceptors (Lipinski definition) is 8. The van der Waals surface area contributed by atoms with Gasteiger partial charge in [0.15, 0.2) is 5.65 Å². The van der Waals surface area contributed by atoms with Crippen molar-refractivity contribution < 1.29 is 14.3 Å². The number of ether oxygens (including phenoxy) is 2. The van der Waals surface area contributed by atoms with Gasteiger partial charge in [-0.05, 0) is 13.8 Å². The molecule has 1 fully saturated rings. The van der Waals surface area contributed by atoms with Crippen LogP contribution in [0.3, 0.4) is 0 Å². The number of thiazole rings is 1. The molecule has 0 aromatic carbocycles. The Morgan fingerprint density at radius 1 is 1.44 bits per heavy atom. The number of anilines is 1. The minimum atomic E-state index is -0.373. The van der Waals surface area contributed by atoms with E-state index >= 15 is 0 Å². The third-order valence-corrected chi connectivity index (χ3v) is 5.47. The quantitative estimate of drug-likeness (QED) is 0.636. The molecule has 0 aliphatic carbocycles. The molecule has 1 saturated heterocycles. The molecule has 0 saturated carbocycles. The number of nitrogens with zero attached hydrogens (tertiary/aromatic N) is 5. The number of fused-ring (bicyclic) bond motifs is 1. The van der Waals surface area contributed by atoms with Crippen LogP contribution in [-0.2, 0) is 16.5 Å². The Balaban J connectivity index is 1.82. The zero-order chi connectivity index (χ0) is 19.0. The second-order valence-electron chi connectivity index (χ2n) is 6.32. The van der Waals surface area contributed by atoms with Crippen LogP contribution in [-0.4, -0.2) is 52.0 Å². The number of morpholine rings is 1. The topological polar surface area (TPSA) is 82.4 Å². The van der Waals surface area contributed by atoms with Gasteiger partial charge in [-0.25, -0.2) is 14.8 Å². The van der Waals surface area contributed by atoms with E-state index in [1.54, 1.807) is 35.3 Å². The van der Waals surface area contributed by atoms with Crippen molar-refractivity contribution in [1.82, 2.24) is 19.7 Å². The fraction of sp³-hybridized carbons (Fsp3) is 0.444. The first-order chi connectivity index (χ1) is 13.1. The highest BCUT2D eigenvalue weighted by molar-refractivity contribution is 7.09. The van der Waals surface area contributed by atoms with Gasteiger partial charge in [0.2, 0.25) is 0 Å². The van der Waals surface area contributed by atoms with Crippen molar-refractivity contribution in [2.24, 2.45) is 7.05 Å². The van der Waals surface area contributed by atoms with Crippen molar-refractivity contribution in [1.29, 1.82) is 0 Å². The van der Waals surface area contributed by atoms with E-state index in [9.17, 15) is 4.79 Å². The van der Waals surface area contributed by atoms with Gasteiger partial charge in [-0.15, -0.1) is 11.3 Å². The minimum Gasteiger partial charge on any atom is -0.462 e. The van der Waals surface area contributed by atoms with E-state index in [1.807, 2.05) is 19.4 Å². The Hall–Kier alpha value is -2.52. The molecule has 0 N–H and O–H groups in total. The molecular weight excluding hydrogens is 366 g/mol. The summed E-state index contributed by atoms with van der Waals surface area (Å²) in [6.07, 6.45) is 3.24. The first-order valence-electron chi connectivity index (χ1n) is 8.85. The van der Waals surface area contributed by atoms with Crippen LogP contribution < -0.4 is 4.90 Å². The predicted octanol–water partition coefficient (Wildman–Crippen LogP) is 2.49. The number of carbonyl (C=O) groups is 1. The first kappa shape index (κ1) is 17.9. The average Bonchev–Trinajstić information content (AvgIpc) is 3.30. The Bertz CT molecular complexity index is 969. The molecule has 8 nitrogen and oxygen atoms in total. The first-order valence-corrected chi connectivity index (χ1v) is 9.73. The maximum atomic E-state index is 12.6. The zero-order valence-corrected chi connectivity index (χ0v) is 16.3. The molecular formula is C18H21N5O3S. The lowest BCUT2D eigenvalue weighted by atomic mass is 10.1. The smallest absolute Gasteiger partial charge is 0.341 e. The molecule has 0 bridgehead atoms. The number of rotatable bonds is 4. The van der Waals surface area contributed by atoms with Gasteiger partial charge in [-0.1, -0.05) is 0 Å². The molecule has 3 aromatic rings. The van der Waals surface area contributed by atoms with Gasteiger partial charge in [0.05, 0.1) is 36.5 Å². The highest BCUT2D eigenvalue weighted by Gasteiger charge is 2.30. The van der Waals surface area contributed by atoms with Crippen molar-refractivity contribution >= 4 is 34.0 Å². The highest BCUT2D eigenvalue weighted by atomic mass is 32.1. The molecule has 1 atom stereocenters. The van der Waals surface area contributed by atoms with Crippen molar-refractivity contribution in [2.45, 2.75) is 20.0 Å². The van der Waals surface area contributed by atoms with E-state index in [1.165, 1.54) is 0 Å². The number of hydrogen-bond donors (Lipinski definition) is 0. The van der Waals surface area contributed by atoms with Gasteiger partial charge in [0.1, 0.15) is 16.7 Å². The van der Waals surface area contributed by atoms with E-state index in [0.29, 0.717) is 31.9 Å². The normalized spacial score (nSPS) is 17.4. The Labute approximate surface area is 160 Å². The highest BCUT2D eigenvalue weighted by Crippen LogP contribution is 2.35. The van der Waals surface area contributed by atoms with E-state index < -0.39 is 0 Å². The predicted molar refractivity (Wildman–Crippen MR) is 102 cm³/mol. The Morgan fingerprint density at radius 2 is 2.30 bits per heavy atom. The van der Waals surface area contributed by atoms with Crippen LogP contribution in [0.2, 0.25) is 0 Å². The molecule has 1 unspecified atom stereocenters. The third kappa shape index (κ3) is 3.17. The van der Waals surface area contributed by atoms with E-state index in [-0.39, 0.29) is 12.1 Å². The molecule has 9 heteroatoms. The molecule has 27 heavy (non-hydrogen) atoms. The Morgan fingerprint density at radius 3 is 3.04 bits per heavy atom. The number of pyridine rings is 1. The molecule has 4 heterocycles. The molecule has 3 aromatic heterocycles. The van der Waals surface area contributed by atoms with Crippen LogP contribution in [0.1, 0.15) is 34.1 Å². The van der Waals surface area contributed by atoms with Gasteiger partial charge in [0.25, 0.3) is 0 Å². The van der Waals surface area contributed by atoms with E-state index in [2.05, 4.69) is 20.0 Å². The molecule has 1 aliphatic heterocycles. The fourth-order valence-electron chi connectivity index (χ4n) is 3.47. The number of aromatic nitrogens is 4. The summed E-state index contributed by atoms with van der Waals surface area (Å²) in [5.41, 5.74) is 2.85. The SMILES string of the molecule is CCOC(=O)c1cnc2c(c(C)nn2C)c1N1CCOC(c2nccs2)C1. The van der Waals surface area contributed by atoms with Gasteiger partial charge in [-0.3, -0.25) is 4.68 Å². The Kier molecular flexibility index (Phi) is 4.79. The van der Waals surface area contributed by atoms with Gasteiger partial charge in [0, 0.05) is 31.4 Å². The average molecular weight is 387 g/mol. The van der Waals surface area contributed by atoms with Crippen LogP contribution in [0, 0.1) is 6.92 Å². The van der Waals surface area contributed by atoms with E-state index in [4.69, 9.17) is 9.47 Å². The largest absolute Gasteiger partial charge is 0.462 e. The van der Waals surface area contributed by atoms with Crippen LogP contribution >= 0.6 is 11.3 Å². The molecule has 4 rings (SSSR count). The van der Waals surface area contributed by atoms with Crippen LogP contribution in [0.5, 0.6) is 0 Å². The van der Waals surface area contributed by atoms with Gasteiger partial charge in [-0.2, -0.15) is 5.10 Å². The number of esters is 1. The number of carbonyl (C=O) groups excluding carboxylic acids is 1. The lowest BCUT2D eigenvalue weighted by Gasteiger charge is -2.34. The molecule has 142 valence electrons. The molecule has 0 amide bonds. The molecule has 0 radical (unpaired) electrons. The summed E-state index contributed by atoms with van der Waals surface area (Å²) in [6, 6.07) is 0. The van der Waals surface area contributed by atoms with Gasteiger partial charge >= 0.3 is 5.97 Å². The zero-order valence-electron chi connectivity index (χ0n) is 15.5. The maximum Gasteiger partial charge on any atom is 0.341 e. The fourth-order valence-corrected chi connectivity index (χ4v) is 4.15.